The smallest absolute Gasteiger partial charge is 0.251 e. The van der Waals surface area contributed by atoms with Gasteiger partial charge in [0.15, 0.2) is 5.75 Å². The van der Waals surface area contributed by atoms with E-state index < -0.39 is 0 Å². The zero-order chi connectivity index (χ0) is 18.4. The predicted molar refractivity (Wildman–Crippen MR) is 101 cm³/mol. The molecule has 1 aliphatic heterocycles. The van der Waals surface area contributed by atoms with E-state index in [4.69, 9.17) is 32.7 Å². The van der Waals surface area contributed by atoms with Crippen LogP contribution in [-0.2, 0) is 4.74 Å². The lowest BCUT2D eigenvalue weighted by molar-refractivity contribution is 0.0124. The van der Waals surface area contributed by atoms with Crippen molar-refractivity contribution in [1.29, 1.82) is 0 Å². The first-order chi connectivity index (χ1) is 11.9. The summed E-state index contributed by atoms with van der Waals surface area (Å²) < 4.78 is 10.5. The van der Waals surface area contributed by atoms with Crippen molar-refractivity contribution in [3.8, 4) is 5.75 Å². The number of halogens is 2. The Hall–Kier alpha value is -1.01. The third-order valence-corrected chi connectivity index (χ3v) is 4.83. The SMILES string of the molecule is COc1c(Cl)cc(C(=O)NCC(CC(C)C)N2CCOCC2)cc1Cl. The molecule has 0 saturated carbocycles. The Labute approximate surface area is 159 Å². The molecule has 1 saturated heterocycles. The van der Waals surface area contributed by atoms with E-state index in [2.05, 4.69) is 24.1 Å². The normalized spacial score (nSPS) is 16.7. The lowest BCUT2D eigenvalue weighted by Crippen LogP contribution is -2.49. The standard InChI is InChI=1S/C18H26Cl2N2O3/c1-12(2)8-14(22-4-6-25-7-5-22)11-21-18(23)13-9-15(19)17(24-3)16(20)10-13/h9-10,12,14H,4-8,11H2,1-3H3,(H,21,23). The average Bonchev–Trinajstić information content (AvgIpc) is 2.58. The fourth-order valence-corrected chi connectivity index (χ4v) is 3.69. The number of carbonyl (C=O) groups excluding carboxylic acids is 1. The van der Waals surface area contributed by atoms with Crippen molar-refractivity contribution in [2.45, 2.75) is 26.3 Å². The molecule has 2 rings (SSSR count). The van der Waals surface area contributed by atoms with E-state index in [9.17, 15) is 4.79 Å². The van der Waals surface area contributed by atoms with E-state index in [0.717, 1.165) is 32.7 Å². The van der Waals surface area contributed by atoms with Gasteiger partial charge in [0, 0.05) is 31.2 Å². The van der Waals surface area contributed by atoms with Crippen LogP contribution in [0.1, 0.15) is 30.6 Å². The van der Waals surface area contributed by atoms with Gasteiger partial charge >= 0.3 is 0 Å². The van der Waals surface area contributed by atoms with E-state index in [0.29, 0.717) is 33.8 Å². The molecule has 0 aliphatic carbocycles. The fraction of sp³-hybridized carbons (Fsp3) is 0.611. The van der Waals surface area contributed by atoms with E-state index in [-0.39, 0.29) is 11.9 Å². The summed E-state index contributed by atoms with van der Waals surface area (Å²) in [7, 11) is 1.49. The average molecular weight is 389 g/mol. The van der Waals surface area contributed by atoms with Crippen LogP contribution < -0.4 is 10.1 Å². The Bertz CT molecular complexity index is 567. The molecule has 1 aliphatic rings. The summed E-state index contributed by atoms with van der Waals surface area (Å²) in [6.45, 7) is 8.24. The number of benzene rings is 1. The monoisotopic (exact) mass is 388 g/mol. The molecule has 0 aromatic heterocycles. The second-order valence-electron chi connectivity index (χ2n) is 6.61. The molecule has 1 unspecified atom stereocenters. The van der Waals surface area contributed by atoms with Gasteiger partial charge in [-0.15, -0.1) is 0 Å². The minimum atomic E-state index is -0.187. The van der Waals surface area contributed by atoms with Gasteiger partial charge in [-0.3, -0.25) is 9.69 Å². The Morgan fingerprint density at radius 1 is 1.28 bits per heavy atom. The molecule has 1 N–H and O–H groups in total. The maximum absolute atomic E-state index is 12.5. The van der Waals surface area contributed by atoms with Crippen LogP contribution in [0.5, 0.6) is 5.75 Å². The van der Waals surface area contributed by atoms with E-state index in [1.165, 1.54) is 7.11 Å². The summed E-state index contributed by atoms with van der Waals surface area (Å²) in [6.07, 6.45) is 1.02. The number of nitrogens with zero attached hydrogens (tertiary/aromatic N) is 1. The predicted octanol–water partition coefficient (Wildman–Crippen LogP) is 3.48. The molecule has 25 heavy (non-hydrogen) atoms. The first kappa shape index (κ1) is 20.3. The summed E-state index contributed by atoms with van der Waals surface area (Å²) in [5.41, 5.74) is 0.432. The van der Waals surface area contributed by atoms with Gasteiger partial charge in [-0.2, -0.15) is 0 Å². The van der Waals surface area contributed by atoms with Gasteiger partial charge in [0.1, 0.15) is 0 Å². The molecule has 0 bridgehead atoms. The van der Waals surface area contributed by atoms with Crippen molar-refractivity contribution < 1.29 is 14.3 Å². The number of amides is 1. The zero-order valence-corrected chi connectivity index (χ0v) is 16.5. The largest absolute Gasteiger partial charge is 0.494 e. The number of morpholine rings is 1. The highest BCUT2D eigenvalue weighted by Crippen LogP contribution is 2.33. The second kappa shape index (κ2) is 9.62. The molecule has 140 valence electrons. The molecule has 1 aromatic rings. The van der Waals surface area contributed by atoms with Crippen LogP contribution in [0.3, 0.4) is 0 Å². The molecule has 7 heteroatoms. The Kier molecular flexibility index (Phi) is 7.81. The minimum Gasteiger partial charge on any atom is -0.494 e. The molecule has 1 aromatic carbocycles. The highest BCUT2D eigenvalue weighted by atomic mass is 35.5. The van der Waals surface area contributed by atoms with Crippen molar-refractivity contribution >= 4 is 29.1 Å². The third kappa shape index (κ3) is 5.74. The summed E-state index contributed by atoms with van der Waals surface area (Å²) >= 11 is 12.2. The molecule has 1 amide bonds. The van der Waals surface area contributed by atoms with Gasteiger partial charge in [0.2, 0.25) is 0 Å². The van der Waals surface area contributed by atoms with Crippen molar-refractivity contribution in [1.82, 2.24) is 10.2 Å². The maximum Gasteiger partial charge on any atom is 0.251 e. The number of ether oxygens (including phenoxy) is 2. The minimum absolute atomic E-state index is 0.187. The quantitative estimate of drug-likeness (QED) is 0.776. The van der Waals surface area contributed by atoms with Gasteiger partial charge < -0.3 is 14.8 Å². The second-order valence-corrected chi connectivity index (χ2v) is 7.43. The van der Waals surface area contributed by atoms with Crippen LogP contribution in [0, 0.1) is 5.92 Å². The summed E-state index contributed by atoms with van der Waals surface area (Å²) in [5.74, 6) is 0.744. The Morgan fingerprint density at radius 2 is 1.88 bits per heavy atom. The van der Waals surface area contributed by atoms with Gasteiger partial charge in [-0.1, -0.05) is 37.0 Å². The molecular formula is C18H26Cl2N2O3. The number of rotatable bonds is 7. The van der Waals surface area contributed by atoms with Gasteiger partial charge in [0.05, 0.1) is 30.4 Å². The molecule has 1 atom stereocenters. The van der Waals surface area contributed by atoms with Gasteiger partial charge in [-0.25, -0.2) is 0 Å². The van der Waals surface area contributed by atoms with Crippen LogP contribution in [0.25, 0.3) is 0 Å². The van der Waals surface area contributed by atoms with Gasteiger partial charge in [-0.05, 0) is 24.5 Å². The molecule has 1 heterocycles. The molecule has 1 fully saturated rings. The van der Waals surface area contributed by atoms with Crippen LogP contribution >= 0.6 is 23.2 Å². The Balaban J connectivity index is 2.02. The number of nitrogens with one attached hydrogen (secondary N) is 1. The van der Waals surface area contributed by atoms with Gasteiger partial charge in [0.25, 0.3) is 5.91 Å². The van der Waals surface area contributed by atoms with Crippen LogP contribution in [0.4, 0.5) is 0 Å². The third-order valence-electron chi connectivity index (χ3n) is 4.27. The lowest BCUT2D eigenvalue weighted by atomic mass is 10.0. The highest BCUT2D eigenvalue weighted by molar-refractivity contribution is 6.37. The Morgan fingerprint density at radius 3 is 2.40 bits per heavy atom. The number of hydrogen-bond acceptors (Lipinski definition) is 4. The summed E-state index contributed by atoms with van der Waals surface area (Å²) in [5, 5.41) is 3.67. The topological polar surface area (TPSA) is 50.8 Å². The van der Waals surface area contributed by atoms with Crippen molar-refractivity contribution in [3.63, 3.8) is 0 Å². The van der Waals surface area contributed by atoms with E-state index in [1.54, 1.807) is 12.1 Å². The van der Waals surface area contributed by atoms with Crippen molar-refractivity contribution in [3.05, 3.63) is 27.7 Å². The number of methoxy groups -OCH3 is 1. The molecular weight excluding hydrogens is 363 g/mol. The molecule has 0 radical (unpaired) electrons. The first-order valence-corrected chi connectivity index (χ1v) is 9.31. The van der Waals surface area contributed by atoms with Crippen LogP contribution in [0.2, 0.25) is 10.0 Å². The van der Waals surface area contributed by atoms with Crippen LogP contribution in [-0.4, -0.2) is 56.8 Å². The number of hydrogen-bond donors (Lipinski definition) is 1. The van der Waals surface area contributed by atoms with Crippen LogP contribution in [0.15, 0.2) is 12.1 Å². The zero-order valence-electron chi connectivity index (χ0n) is 15.0. The summed E-state index contributed by atoms with van der Waals surface area (Å²) in [4.78, 5) is 14.9. The van der Waals surface area contributed by atoms with E-state index >= 15 is 0 Å². The summed E-state index contributed by atoms with van der Waals surface area (Å²) in [6, 6.07) is 3.44. The van der Waals surface area contributed by atoms with E-state index in [1.807, 2.05) is 0 Å². The van der Waals surface area contributed by atoms with Crippen molar-refractivity contribution in [2.24, 2.45) is 5.92 Å². The first-order valence-electron chi connectivity index (χ1n) is 8.55. The lowest BCUT2D eigenvalue weighted by Gasteiger charge is -2.35. The molecule has 0 spiro atoms. The maximum atomic E-state index is 12.5. The van der Waals surface area contributed by atoms with Crippen molar-refractivity contribution in [2.75, 3.05) is 40.0 Å². The number of carbonyl (C=O) groups is 1. The fourth-order valence-electron chi connectivity index (χ4n) is 3.05. The highest BCUT2D eigenvalue weighted by Gasteiger charge is 2.23. The molecule has 5 nitrogen and oxygen atoms in total.